The van der Waals surface area contributed by atoms with E-state index >= 15 is 0 Å². The fourth-order valence-electron chi connectivity index (χ4n) is 3.07. The van der Waals surface area contributed by atoms with Crippen molar-refractivity contribution in [3.05, 3.63) is 47.8 Å². The average molecular weight is 372 g/mol. The van der Waals surface area contributed by atoms with Crippen LogP contribution in [0.1, 0.15) is 37.4 Å². The second-order valence-electron chi connectivity index (χ2n) is 6.68. The summed E-state index contributed by atoms with van der Waals surface area (Å²) in [6.45, 7) is 4.38. The van der Waals surface area contributed by atoms with Gasteiger partial charge in [-0.3, -0.25) is 9.69 Å². The molecule has 7 heteroatoms. The third-order valence-electron chi connectivity index (χ3n) is 4.44. The molecule has 0 aliphatic carbocycles. The molecule has 0 unspecified atom stereocenters. The number of nitrogens with zero attached hydrogens (tertiary/aromatic N) is 3. The molecule has 6 nitrogen and oxygen atoms in total. The van der Waals surface area contributed by atoms with E-state index < -0.39 is 6.04 Å². The molecular formula is C19H24N4O2S. The van der Waals surface area contributed by atoms with Crippen LogP contribution in [0.2, 0.25) is 0 Å². The number of urea groups is 1. The van der Waals surface area contributed by atoms with Crippen LogP contribution < -0.4 is 5.32 Å². The minimum Gasteiger partial charge on any atom is -0.326 e. The van der Waals surface area contributed by atoms with E-state index in [9.17, 15) is 9.59 Å². The van der Waals surface area contributed by atoms with Crippen molar-refractivity contribution < 1.29 is 9.59 Å². The summed E-state index contributed by atoms with van der Waals surface area (Å²) in [6, 6.07) is 9.10. The zero-order valence-electron chi connectivity index (χ0n) is 15.3. The predicted octanol–water partition coefficient (Wildman–Crippen LogP) is 3.17. The van der Waals surface area contributed by atoms with Gasteiger partial charge in [-0.1, -0.05) is 32.0 Å². The lowest BCUT2D eigenvalue weighted by atomic mass is 10.1. The largest absolute Gasteiger partial charge is 0.326 e. The molecule has 138 valence electrons. The van der Waals surface area contributed by atoms with Crippen LogP contribution in [0.15, 0.2) is 36.5 Å². The summed E-state index contributed by atoms with van der Waals surface area (Å²) in [5.41, 5.74) is 2.76. The summed E-state index contributed by atoms with van der Waals surface area (Å²) in [5.74, 6) is 0.891. The van der Waals surface area contributed by atoms with Crippen molar-refractivity contribution in [2.24, 2.45) is 0 Å². The van der Waals surface area contributed by atoms with E-state index in [-0.39, 0.29) is 24.4 Å². The van der Waals surface area contributed by atoms with Gasteiger partial charge in [0.15, 0.2) is 0 Å². The van der Waals surface area contributed by atoms with Gasteiger partial charge < -0.3 is 5.32 Å². The molecule has 2 heterocycles. The number of carbonyl (C=O) groups excluding carboxylic acids is 2. The molecule has 1 aliphatic rings. The molecule has 3 amide bonds. The van der Waals surface area contributed by atoms with Gasteiger partial charge in [0, 0.05) is 11.8 Å². The number of carbonyl (C=O) groups is 2. The van der Waals surface area contributed by atoms with Crippen LogP contribution in [-0.2, 0) is 11.3 Å². The number of benzene rings is 1. The SMILES string of the molecule is CSCC[C@@H]1NC(=O)N(Cc2cn(-c3ccccc3)nc2C(C)C)C1=O. The predicted molar refractivity (Wildman–Crippen MR) is 104 cm³/mol. The van der Waals surface area contributed by atoms with Crippen LogP contribution in [0.4, 0.5) is 4.79 Å². The molecule has 2 aromatic rings. The Morgan fingerprint density at radius 1 is 1.23 bits per heavy atom. The topological polar surface area (TPSA) is 67.2 Å². The van der Waals surface area contributed by atoms with Gasteiger partial charge in [-0.05, 0) is 36.5 Å². The lowest BCUT2D eigenvalue weighted by Crippen LogP contribution is -2.31. The summed E-state index contributed by atoms with van der Waals surface area (Å²) < 4.78 is 1.81. The van der Waals surface area contributed by atoms with E-state index in [1.165, 1.54) is 4.90 Å². The Bertz CT molecular complexity index is 788. The van der Waals surface area contributed by atoms with Gasteiger partial charge in [0.1, 0.15) is 6.04 Å². The first-order valence-electron chi connectivity index (χ1n) is 8.76. The molecular weight excluding hydrogens is 348 g/mol. The molecule has 1 aromatic carbocycles. The van der Waals surface area contributed by atoms with E-state index in [4.69, 9.17) is 0 Å². The van der Waals surface area contributed by atoms with Crippen LogP contribution in [0.5, 0.6) is 0 Å². The van der Waals surface area contributed by atoms with Gasteiger partial charge in [0.05, 0.1) is 17.9 Å². The maximum atomic E-state index is 12.6. The van der Waals surface area contributed by atoms with Crippen molar-refractivity contribution in [3.63, 3.8) is 0 Å². The molecule has 1 N–H and O–H groups in total. The second-order valence-corrected chi connectivity index (χ2v) is 7.67. The first-order chi connectivity index (χ1) is 12.5. The van der Waals surface area contributed by atoms with Crippen LogP contribution in [0, 0.1) is 0 Å². The summed E-state index contributed by atoms with van der Waals surface area (Å²) in [4.78, 5) is 26.2. The first-order valence-corrected chi connectivity index (χ1v) is 10.1. The van der Waals surface area contributed by atoms with E-state index in [1.54, 1.807) is 11.8 Å². The number of nitrogens with one attached hydrogen (secondary N) is 1. The van der Waals surface area contributed by atoms with Gasteiger partial charge in [-0.15, -0.1) is 0 Å². The number of amides is 3. The summed E-state index contributed by atoms with van der Waals surface area (Å²) in [7, 11) is 0. The highest BCUT2D eigenvalue weighted by atomic mass is 32.2. The van der Waals surface area contributed by atoms with Crippen molar-refractivity contribution >= 4 is 23.7 Å². The Morgan fingerprint density at radius 2 is 1.96 bits per heavy atom. The molecule has 0 radical (unpaired) electrons. The molecule has 0 spiro atoms. The zero-order chi connectivity index (χ0) is 18.7. The summed E-state index contributed by atoms with van der Waals surface area (Å²) in [6.07, 6.45) is 4.56. The van der Waals surface area contributed by atoms with Crippen molar-refractivity contribution in [2.45, 2.75) is 38.8 Å². The fourth-order valence-corrected chi connectivity index (χ4v) is 3.54. The molecule has 0 saturated carbocycles. The second kappa shape index (κ2) is 7.95. The third kappa shape index (κ3) is 3.77. The lowest BCUT2D eigenvalue weighted by Gasteiger charge is -2.13. The van der Waals surface area contributed by atoms with E-state index in [1.807, 2.05) is 47.5 Å². The van der Waals surface area contributed by atoms with Crippen molar-refractivity contribution in [2.75, 3.05) is 12.0 Å². The minimum atomic E-state index is -0.415. The highest BCUT2D eigenvalue weighted by Gasteiger charge is 2.38. The van der Waals surface area contributed by atoms with Gasteiger partial charge in [0.25, 0.3) is 5.91 Å². The standard InChI is InChI=1S/C19H24N4O2S/c1-13(2)17-14(12-23(21-17)15-7-5-4-6-8-15)11-22-18(24)16(9-10-26-3)20-19(22)25/h4-8,12-13,16H,9-11H2,1-3H3,(H,20,25)/t16-/m0/s1. The fraction of sp³-hybridized carbons (Fsp3) is 0.421. The van der Waals surface area contributed by atoms with Crippen LogP contribution in [-0.4, -0.2) is 44.7 Å². The molecule has 1 aliphatic heterocycles. The highest BCUT2D eigenvalue weighted by molar-refractivity contribution is 7.98. The average Bonchev–Trinajstić information content (AvgIpc) is 3.17. The van der Waals surface area contributed by atoms with Gasteiger partial charge in [0.2, 0.25) is 0 Å². The number of hydrogen-bond acceptors (Lipinski definition) is 4. The minimum absolute atomic E-state index is 0.147. The normalized spacial score (nSPS) is 17.2. The first kappa shape index (κ1) is 18.5. The van der Waals surface area contributed by atoms with Crippen molar-refractivity contribution in [3.8, 4) is 5.69 Å². The molecule has 1 saturated heterocycles. The van der Waals surface area contributed by atoms with E-state index in [2.05, 4.69) is 24.3 Å². The number of aromatic nitrogens is 2. The molecule has 26 heavy (non-hydrogen) atoms. The smallest absolute Gasteiger partial charge is 0.325 e. The number of thioether (sulfide) groups is 1. The monoisotopic (exact) mass is 372 g/mol. The number of rotatable bonds is 7. The van der Waals surface area contributed by atoms with Gasteiger partial charge in [-0.2, -0.15) is 16.9 Å². The summed E-state index contributed by atoms with van der Waals surface area (Å²) in [5, 5.41) is 7.48. The Kier molecular flexibility index (Phi) is 5.66. The van der Waals surface area contributed by atoms with Gasteiger partial charge >= 0.3 is 6.03 Å². The maximum absolute atomic E-state index is 12.6. The highest BCUT2D eigenvalue weighted by Crippen LogP contribution is 2.23. The number of imide groups is 1. The van der Waals surface area contributed by atoms with E-state index in [0.29, 0.717) is 6.42 Å². The Balaban J connectivity index is 1.84. The molecule has 1 atom stereocenters. The molecule has 0 bridgehead atoms. The van der Waals surface area contributed by atoms with Gasteiger partial charge in [-0.25, -0.2) is 9.48 Å². The quantitative estimate of drug-likeness (QED) is 0.758. The number of para-hydroxylation sites is 1. The van der Waals surface area contributed by atoms with Crippen LogP contribution in [0.25, 0.3) is 5.69 Å². The molecule has 1 aromatic heterocycles. The van der Waals surface area contributed by atoms with Crippen LogP contribution in [0.3, 0.4) is 0 Å². The van der Waals surface area contributed by atoms with Crippen molar-refractivity contribution in [1.29, 1.82) is 0 Å². The number of hydrogen-bond donors (Lipinski definition) is 1. The Hall–Kier alpha value is -2.28. The maximum Gasteiger partial charge on any atom is 0.325 e. The summed E-state index contributed by atoms with van der Waals surface area (Å²) >= 11 is 1.67. The molecule has 3 rings (SSSR count). The lowest BCUT2D eigenvalue weighted by molar-refractivity contribution is -0.127. The Morgan fingerprint density at radius 3 is 2.62 bits per heavy atom. The third-order valence-corrected chi connectivity index (χ3v) is 5.08. The van der Waals surface area contributed by atoms with Crippen molar-refractivity contribution in [1.82, 2.24) is 20.0 Å². The van der Waals surface area contributed by atoms with Crippen LogP contribution >= 0.6 is 11.8 Å². The van der Waals surface area contributed by atoms with E-state index in [0.717, 1.165) is 22.7 Å². The Labute approximate surface area is 157 Å². The zero-order valence-corrected chi connectivity index (χ0v) is 16.1. The molecule has 1 fully saturated rings.